The molecule has 0 saturated heterocycles. The van der Waals surface area contributed by atoms with Crippen LogP contribution in [0.1, 0.15) is 32.6 Å². The first-order valence-corrected chi connectivity index (χ1v) is 6.21. The molecule has 94 valence electrons. The molecule has 16 heavy (non-hydrogen) atoms. The topological polar surface area (TPSA) is 58.4 Å². The summed E-state index contributed by atoms with van der Waals surface area (Å²) in [6.45, 7) is 3.02. The van der Waals surface area contributed by atoms with Crippen LogP contribution in [0, 0.1) is 5.92 Å². The first-order chi connectivity index (χ1) is 7.54. The molecular formula is C12H25N3O. The number of likely N-dealkylation sites (N-methyl/N-ethyl adjacent to an activating group) is 2. The van der Waals surface area contributed by atoms with E-state index in [0.717, 1.165) is 5.92 Å². The number of carbonyl (C=O) groups is 1. The van der Waals surface area contributed by atoms with Gasteiger partial charge in [0.05, 0.1) is 6.04 Å². The Morgan fingerprint density at radius 1 is 1.56 bits per heavy atom. The second-order valence-corrected chi connectivity index (χ2v) is 5.11. The number of carbonyl (C=O) groups excluding carboxylic acids is 1. The number of nitrogens with one attached hydrogen (secondary N) is 1. The van der Waals surface area contributed by atoms with Crippen molar-refractivity contribution in [3.63, 3.8) is 0 Å². The number of amides is 1. The molecule has 1 rings (SSSR count). The van der Waals surface area contributed by atoms with E-state index in [1.807, 2.05) is 0 Å². The Morgan fingerprint density at radius 3 is 2.75 bits per heavy atom. The molecule has 0 aliphatic heterocycles. The molecule has 3 unspecified atom stereocenters. The average molecular weight is 227 g/mol. The van der Waals surface area contributed by atoms with Gasteiger partial charge in [-0.05, 0) is 32.9 Å². The molecule has 0 bridgehead atoms. The van der Waals surface area contributed by atoms with E-state index in [4.69, 9.17) is 5.73 Å². The Bertz CT molecular complexity index is 232. The number of nitrogens with two attached hydrogens (primary N) is 1. The minimum atomic E-state index is -0.266. The Morgan fingerprint density at radius 2 is 2.25 bits per heavy atom. The monoisotopic (exact) mass is 227 g/mol. The second-order valence-electron chi connectivity index (χ2n) is 5.11. The molecule has 1 saturated carbocycles. The molecule has 0 spiro atoms. The summed E-state index contributed by atoms with van der Waals surface area (Å²) in [7, 11) is 3.88. The van der Waals surface area contributed by atoms with Gasteiger partial charge in [-0.1, -0.05) is 19.8 Å². The summed E-state index contributed by atoms with van der Waals surface area (Å²) in [6, 6.07) is 0.376. The van der Waals surface area contributed by atoms with Crippen molar-refractivity contribution in [2.45, 2.75) is 44.7 Å². The van der Waals surface area contributed by atoms with E-state index in [-0.39, 0.29) is 11.9 Å². The molecule has 0 aromatic rings. The minimum Gasteiger partial charge on any atom is -0.368 e. The van der Waals surface area contributed by atoms with Crippen LogP contribution in [0.4, 0.5) is 0 Å². The molecule has 4 heteroatoms. The molecule has 0 aromatic carbocycles. The zero-order valence-corrected chi connectivity index (χ0v) is 10.7. The summed E-state index contributed by atoms with van der Waals surface area (Å²) < 4.78 is 0. The first kappa shape index (κ1) is 13.5. The van der Waals surface area contributed by atoms with Gasteiger partial charge in [-0.2, -0.15) is 0 Å². The summed E-state index contributed by atoms with van der Waals surface area (Å²) in [4.78, 5) is 13.4. The van der Waals surface area contributed by atoms with E-state index in [2.05, 4.69) is 24.2 Å². The van der Waals surface area contributed by atoms with Gasteiger partial charge in [0.1, 0.15) is 0 Å². The van der Waals surface area contributed by atoms with Crippen molar-refractivity contribution in [2.24, 2.45) is 11.7 Å². The van der Waals surface area contributed by atoms with Crippen LogP contribution >= 0.6 is 0 Å². The van der Waals surface area contributed by atoms with E-state index in [9.17, 15) is 4.79 Å². The van der Waals surface area contributed by atoms with Crippen molar-refractivity contribution in [3.05, 3.63) is 0 Å². The Hall–Kier alpha value is -0.610. The third-order valence-electron chi connectivity index (χ3n) is 3.69. The standard InChI is InChI=1S/C12H25N3O/c1-9-5-4-6-10(7-9)15(3)8-11(14-2)12(13)16/h9-11,14H,4-8H2,1-3H3,(H2,13,16). The summed E-state index contributed by atoms with van der Waals surface area (Å²) in [6.07, 6.45) is 5.13. The van der Waals surface area contributed by atoms with E-state index >= 15 is 0 Å². The van der Waals surface area contributed by atoms with Crippen LogP contribution in [-0.4, -0.2) is 43.5 Å². The summed E-state index contributed by atoms with van der Waals surface area (Å²) in [5.74, 6) is 0.543. The van der Waals surface area contributed by atoms with Gasteiger partial charge in [0.2, 0.25) is 5.91 Å². The molecule has 3 N–H and O–H groups in total. The van der Waals surface area contributed by atoms with Gasteiger partial charge in [0, 0.05) is 12.6 Å². The van der Waals surface area contributed by atoms with Crippen molar-refractivity contribution in [1.82, 2.24) is 10.2 Å². The fourth-order valence-corrected chi connectivity index (χ4v) is 2.56. The fraction of sp³-hybridized carbons (Fsp3) is 0.917. The first-order valence-electron chi connectivity index (χ1n) is 6.21. The number of nitrogens with zero attached hydrogens (tertiary/aromatic N) is 1. The molecule has 0 radical (unpaired) electrons. The molecule has 3 atom stereocenters. The van der Waals surface area contributed by atoms with E-state index in [1.165, 1.54) is 25.7 Å². The van der Waals surface area contributed by atoms with Crippen LogP contribution in [0.15, 0.2) is 0 Å². The van der Waals surface area contributed by atoms with E-state index in [0.29, 0.717) is 12.6 Å². The van der Waals surface area contributed by atoms with Crippen molar-refractivity contribution < 1.29 is 4.79 Å². The van der Waals surface area contributed by atoms with Crippen LogP contribution in [0.25, 0.3) is 0 Å². The van der Waals surface area contributed by atoms with E-state index < -0.39 is 0 Å². The second kappa shape index (κ2) is 6.21. The third kappa shape index (κ3) is 3.76. The summed E-state index contributed by atoms with van der Waals surface area (Å²) >= 11 is 0. The number of primary amides is 1. The maximum absolute atomic E-state index is 11.1. The molecule has 1 amide bonds. The molecule has 0 aromatic heterocycles. The molecular weight excluding hydrogens is 202 g/mol. The largest absolute Gasteiger partial charge is 0.368 e. The Labute approximate surface area is 98.6 Å². The number of rotatable bonds is 5. The maximum atomic E-state index is 11.1. The van der Waals surface area contributed by atoms with Gasteiger partial charge in [-0.15, -0.1) is 0 Å². The summed E-state index contributed by atoms with van der Waals surface area (Å²) in [5, 5.41) is 2.97. The number of hydrogen-bond donors (Lipinski definition) is 2. The van der Waals surface area contributed by atoms with Crippen LogP contribution in [0.5, 0.6) is 0 Å². The highest BCUT2D eigenvalue weighted by Gasteiger charge is 2.25. The zero-order chi connectivity index (χ0) is 12.1. The lowest BCUT2D eigenvalue weighted by Crippen LogP contribution is -2.49. The molecule has 1 fully saturated rings. The van der Waals surface area contributed by atoms with Gasteiger partial charge in [0.25, 0.3) is 0 Å². The van der Waals surface area contributed by atoms with Crippen LogP contribution in [-0.2, 0) is 4.79 Å². The minimum absolute atomic E-state index is 0.234. The van der Waals surface area contributed by atoms with Gasteiger partial charge in [-0.25, -0.2) is 0 Å². The quantitative estimate of drug-likeness (QED) is 0.722. The lowest BCUT2D eigenvalue weighted by atomic mass is 9.86. The van der Waals surface area contributed by atoms with Crippen LogP contribution in [0.3, 0.4) is 0 Å². The van der Waals surface area contributed by atoms with E-state index in [1.54, 1.807) is 7.05 Å². The summed E-state index contributed by atoms with van der Waals surface area (Å²) in [5.41, 5.74) is 5.32. The third-order valence-corrected chi connectivity index (χ3v) is 3.69. The molecule has 1 aliphatic rings. The van der Waals surface area contributed by atoms with Crippen LogP contribution in [0.2, 0.25) is 0 Å². The Kier molecular flexibility index (Phi) is 5.22. The normalized spacial score (nSPS) is 28.0. The average Bonchev–Trinajstić information content (AvgIpc) is 2.25. The van der Waals surface area contributed by atoms with Crippen molar-refractivity contribution >= 4 is 5.91 Å². The predicted molar refractivity (Wildman–Crippen MR) is 66.1 cm³/mol. The SMILES string of the molecule is CNC(CN(C)C1CCCC(C)C1)C(N)=O. The highest BCUT2D eigenvalue weighted by Crippen LogP contribution is 2.26. The zero-order valence-electron chi connectivity index (χ0n) is 10.7. The van der Waals surface area contributed by atoms with Crippen molar-refractivity contribution in [1.29, 1.82) is 0 Å². The van der Waals surface area contributed by atoms with Crippen molar-refractivity contribution in [3.8, 4) is 0 Å². The lowest BCUT2D eigenvalue weighted by Gasteiger charge is -2.35. The van der Waals surface area contributed by atoms with Gasteiger partial charge < -0.3 is 16.0 Å². The van der Waals surface area contributed by atoms with Gasteiger partial charge in [0.15, 0.2) is 0 Å². The Balaban J connectivity index is 2.43. The van der Waals surface area contributed by atoms with Crippen LogP contribution < -0.4 is 11.1 Å². The van der Waals surface area contributed by atoms with Gasteiger partial charge >= 0.3 is 0 Å². The molecule has 4 nitrogen and oxygen atoms in total. The fourth-order valence-electron chi connectivity index (χ4n) is 2.56. The maximum Gasteiger partial charge on any atom is 0.235 e. The highest BCUT2D eigenvalue weighted by molar-refractivity contribution is 5.80. The highest BCUT2D eigenvalue weighted by atomic mass is 16.1. The predicted octanol–water partition coefficient (Wildman–Crippen LogP) is 0.570. The molecule has 0 heterocycles. The van der Waals surface area contributed by atoms with Crippen molar-refractivity contribution in [2.75, 3.05) is 20.6 Å². The lowest BCUT2D eigenvalue weighted by molar-refractivity contribution is -0.120. The molecule has 1 aliphatic carbocycles. The smallest absolute Gasteiger partial charge is 0.235 e. The number of hydrogen-bond acceptors (Lipinski definition) is 3. The van der Waals surface area contributed by atoms with Gasteiger partial charge in [-0.3, -0.25) is 4.79 Å².